The van der Waals surface area contributed by atoms with Crippen LogP contribution in [0.1, 0.15) is 18.1 Å². The molecule has 24 heavy (non-hydrogen) atoms. The predicted octanol–water partition coefficient (Wildman–Crippen LogP) is 2.74. The van der Waals surface area contributed by atoms with Gasteiger partial charge in [-0.3, -0.25) is 0 Å². The summed E-state index contributed by atoms with van der Waals surface area (Å²) >= 11 is 3.37. The molecule has 7 heteroatoms. The molecular weight excluding hydrogens is 394 g/mol. The van der Waals surface area contributed by atoms with Gasteiger partial charge in [0.1, 0.15) is 0 Å². The van der Waals surface area contributed by atoms with Gasteiger partial charge in [0.25, 0.3) is 0 Å². The Morgan fingerprint density at radius 3 is 2.50 bits per heavy atom. The molecule has 0 spiro atoms. The second kappa shape index (κ2) is 6.31. The second-order valence-corrected chi connectivity index (χ2v) is 8.10. The van der Waals surface area contributed by atoms with Gasteiger partial charge in [-0.1, -0.05) is 46.3 Å². The molecule has 0 aromatic heterocycles. The van der Waals surface area contributed by atoms with E-state index in [1.165, 1.54) is 6.07 Å². The predicted molar refractivity (Wildman–Crippen MR) is 92.9 cm³/mol. The van der Waals surface area contributed by atoms with Crippen molar-refractivity contribution in [2.45, 2.75) is 23.8 Å². The summed E-state index contributed by atoms with van der Waals surface area (Å²) in [6.45, 7) is 1.87. The van der Waals surface area contributed by atoms with Gasteiger partial charge >= 0.3 is 5.97 Å². The fourth-order valence-corrected chi connectivity index (χ4v) is 4.80. The van der Waals surface area contributed by atoms with E-state index in [1.807, 2.05) is 24.3 Å². The summed E-state index contributed by atoms with van der Waals surface area (Å²) in [7, 11) is -3.76. The number of benzene rings is 2. The Morgan fingerprint density at radius 2 is 1.83 bits per heavy atom. The van der Waals surface area contributed by atoms with Gasteiger partial charge in [-0.15, -0.1) is 0 Å². The quantitative estimate of drug-likeness (QED) is 0.787. The fraction of sp³-hybridized carbons (Fsp3) is 0.235. The van der Waals surface area contributed by atoms with Crippen LogP contribution in [0.2, 0.25) is 0 Å². The lowest BCUT2D eigenvalue weighted by atomic mass is 9.84. The molecule has 5 nitrogen and oxygen atoms in total. The second-order valence-electron chi connectivity index (χ2n) is 5.53. The van der Waals surface area contributed by atoms with Crippen LogP contribution < -0.4 is 4.72 Å². The fourth-order valence-electron chi connectivity index (χ4n) is 2.91. The van der Waals surface area contributed by atoms with E-state index in [1.54, 1.807) is 25.1 Å². The van der Waals surface area contributed by atoms with Crippen LogP contribution >= 0.6 is 15.9 Å². The number of hydrogen-bond donors (Lipinski definition) is 1. The first-order valence-electron chi connectivity index (χ1n) is 7.44. The third-order valence-corrected chi connectivity index (χ3v) is 6.03. The Hall–Kier alpha value is -1.70. The van der Waals surface area contributed by atoms with Gasteiger partial charge in [0.05, 0.1) is 11.5 Å². The highest BCUT2D eigenvalue weighted by molar-refractivity contribution is 9.10. The number of rotatable bonds is 4. The number of hydrogen-bond acceptors (Lipinski definition) is 4. The molecule has 3 rings (SSSR count). The molecule has 0 saturated carbocycles. The third kappa shape index (κ3) is 2.87. The van der Waals surface area contributed by atoms with Crippen LogP contribution in [0.4, 0.5) is 0 Å². The van der Waals surface area contributed by atoms with Crippen molar-refractivity contribution in [3.8, 4) is 0 Å². The van der Waals surface area contributed by atoms with Gasteiger partial charge in [0, 0.05) is 16.5 Å². The molecule has 1 heterocycles. The van der Waals surface area contributed by atoms with Gasteiger partial charge in [0.2, 0.25) is 10.0 Å². The molecule has 1 aliphatic heterocycles. The zero-order valence-corrected chi connectivity index (χ0v) is 15.4. The van der Waals surface area contributed by atoms with E-state index < -0.39 is 21.5 Å². The molecule has 0 aliphatic carbocycles. The van der Waals surface area contributed by atoms with Crippen molar-refractivity contribution in [3.63, 3.8) is 0 Å². The van der Waals surface area contributed by atoms with Crippen LogP contribution in [-0.2, 0) is 31.5 Å². The molecule has 2 aromatic carbocycles. The van der Waals surface area contributed by atoms with Gasteiger partial charge < -0.3 is 4.74 Å². The molecular formula is C17H16BrNO4S. The van der Waals surface area contributed by atoms with Crippen molar-refractivity contribution in [1.29, 1.82) is 0 Å². The van der Waals surface area contributed by atoms with Crippen LogP contribution in [0.5, 0.6) is 0 Å². The Kier molecular flexibility index (Phi) is 4.50. The molecule has 0 fully saturated rings. The van der Waals surface area contributed by atoms with Crippen LogP contribution in [0.3, 0.4) is 0 Å². The SMILES string of the molecule is CCOC(=O)[C@]1(Cc2ccc(Br)cc2)NS(=O)(=O)c2ccccc21. The van der Waals surface area contributed by atoms with E-state index in [2.05, 4.69) is 20.7 Å². The topological polar surface area (TPSA) is 72.5 Å². The lowest BCUT2D eigenvalue weighted by Crippen LogP contribution is -2.49. The van der Waals surface area contributed by atoms with Crippen LogP contribution in [-0.4, -0.2) is 21.0 Å². The average Bonchev–Trinajstić information content (AvgIpc) is 2.79. The van der Waals surface area contributed by atoms with Gasteiger partial charge in [-0.05, 0) is 30.7 Å². The molecule has 2 aromatic rings. The summed E-state index contributed by atoms with van der Waals surface area (Å²) in [4.78, 5) is 12.9. The first-order chi connectivity index (χ1) is 11.4. The summed E-state index contributed by atoms with van der Waals surface area (Å²) in [6, 6.07) is 13.9. The summed E-state index contributed by atoms with van der Waals surface area (Å²) in [5.74, 6) is -0.596. The first kappa shape index (κ1) is 17.1. The highest BCUT2D eigenvalue weighted by Gasteiger charge is 2.52. The molecule has 1 atom stereocenters. The minimum Gasteiger partial charge on any atom is -0.464 e. The van der Waals surface area contributed by atoms with Gasteiger partial charge in [0.15, 0.2) is 5.54 Å². The molecule has 1 N–H and O–H groups in total. The number of halogens is 1. The smallest absolute Gasteiger partial charge is 0.332 e. The molecule has 0 bridgehead atoms. The zero-order chi connectivity index (χ0) is 17.4. The summed E-state index contributed by atoms with van der Waals surface area (Å²) < 4.78 is 33.6. The Balaban J connectivity index is 2.15. The Labute approximate surface area is 149 Å². The average molecular weight is 410 g/mol. The summed E-state index contributed by atoms with van der Waals surface area (Å²) in [5, 5.41) is 0. The molecule has 0 amide bonds. The number of sulfonamides is 1. The van der Waals surface area contributed by atoms with Crippen molar-refractivity contribution < 1.29 is 17.9 Å². The van der Waals surface area contributed by atoms with E-state index in [0.717, 1.165) is 10.0 Å². The highest BCUT2D eigenvalue weighted by atomic mass is 79.9. The van der Waals surface area contributed by atoms with Crippen molar-refractivity contribution >= 4 is 31.9 Å². The maximum absolute atomic E-state index is 12.7. The highest BCUT2D eigenvalue weighted by Crippen LogP contribution is 2.39. The van der Waals surface area contributed by atoms with Crippen molar-refractivity contribution in [1.82, 2.24) is 4.72 Å². The third-order valence-electron chi connectivity index (χ3n) is 3.95. The van der Waals surface area contributed by atoms with E-state index in [0.29, 0.717) is 5.56 Å². The maximum atomic E-state index is 12.7. The first-order valence-corrected chi connectivity index (χ1v) is 9.72. The molecule has 0 saturated heterocycles. The van der Waals surface area contributed by atoms with Crippen LogP contribution in [0.15, 0.2) is 57.9 Å². The Bertz CT molecular complexity index is 880. The lowest BCUT2D eigenvalue weighted by Gasteiger charge is -2.27. The van der Waals surface area contributed by atoms with E-state index in [9.17, 15) is 13.2 Å². The Morgan fingerprint density at radius 1 is 1.17 bits per heavy atom. The molecule has 1 aliphatic rings. The molecule has 0 radical (unpaired) electrons. The largest absolute Gasteiger partial charge is 0.464 e. The van der Waals surface area contributed by atoms with Crippen molar-refractivity contribution in [2.24, 2.45) is 0 Å². The van der Waals surface area contributed by atoms with E-state index in [4.69, 9.17) is 4.74 Å². The number of carbonyl (C=O) groups is 1. The number of nitrogens with one attached hydrogen (secondary N) is 1. The van der Waals surface area contributed by atoms with Gasteiger partial charge in [-0.2, -0.15) is 4.72 Å². The minimum atomic E-state index is -3.76. The number of carbonyl (C=O) groups excluding carboxylic acids is 1. The van der Waals surface area contributed by atoms with Crippen molar-refractivity contribution in [2.75, 3.05) is 6.61 Å². The van der Waals surface area contributed by atoms with Crippen molar-refractivity contribution in [3.05, 3.63) is 64.1 Å². The summed E-state index contributed by atoms with van der Waals surface area (Å²) in [5.41, 5.74) is -0.198. The zero-order valence-electron chi connectivity index (χ0n) is 13.0. The standard InChI is InChI=1S/C17H16BrNO4S/c1-2-23-16(20)17(11-12-7-9-13(18)10-8-12)14-5-3-4-6-15(14)24(21,22)19-17/h3-10,19H,2,11H2,1H3/t17-/m1/s1. The minimum absolute atomic E-state index is 0.121. The maximum Gasteiger partial charge on any atom is 0.332 e. The monoisotopic (exact) mass is 409 g/mol. The summed E-state index contributed by atoms with van der Waals surface area (Å²) in [6.07, 6.45) is 0.176. The normalized spacial score (nSPS) is 21.2. The lowest BCUT2D eigenvalue weighted by molar-refractivity contribution is -0.150. The van der Waals surface area contributed by atoms with Crippen LogP contribution in [0, 0.1) is 0 Å². The van der Waals surface area contributed by atoms with Gasteiger partial charge in [-0.25, -0.2) is 13.2 Å². The van der Waals surface area contributed by atoms with E-state index >= 15 is 0 Å². The number of fused-ring (bicyclic) bond motifs is 1. The number of esters is 1. The molecule has 0 unspecified atom stereocenters. The molecule has 126 valence electrons. The van der Waals surface area contributed by atoms with E-state index in [-0.39, 0.29) is 17.9 Å². The number of ether oxygens (including phenoxy) is 1. The van der Waals surface area contributed by atoms with Crippen LogP contribution in [0.25, 0.3) is 0 Å².